The smallest absolute Gasteiger partial charge is 0.237 e. The molecule has 2 saturated carbocycles. The zero-order valence-electron chi connectivity index (χ0n) is 12.8. The molecule has 3 nitrogen and oxygen atoms in total. The zero-order chi connectivity index (χ0) is 15.9. The van der Waals surface area contributed by atoms with Gasteiger partial charge in [0.2, 0.25) is 5.91 Å². The number of carbonyl (C=O) groups excluding carboxylic acids is 1. The molecule has 2 heterocycles. The van der Waals surface area contributed by atoms with Crippen LogP contribution in [0.25, 0.3) is 0 Å². The molecular weight excluding hydrogens is 392 g/mol. The van der Waals surface area contributed by atoms with Crippen molar-refractivity contribution >= 4 is 49.6 Å². The maximum atomic E-state index is 13.1. The fourth-order valence-electron chi connectivity index (χ4n) is 4.10. The third kappa shape index (κ3) is 2.89. The average Bonchev–Trinajstić information content (AvgIpc) is 2.88. The number of nitrogens with one attached hydrogen (secondary N) is 1. The van der Waals surface area contributed by atoms with Crippen LogP contribution < -0.4 is 5.32 Å². The molecule has 0 bridgehead atoms. The largest absolute Gasteiger partial charge is 0.301 e. The highest BCUT2D eigenvalue weighted by molar-refractivity contribution is 9.11. The van der Waals surface area contributed by atoms with Crippen molar-refractivity contribution in [1.82, 2.24) is 4.98 Å². The van der Waals surface area contributed by atoms with Crippen LogP contribution in [-0.4, -0.2) is 10.9 Å². The fourth-order valence-corrected chi connectivity index (χ4v) is 6.27. The molecule has 2 aliphatic carbocycles. The van der Waals surface area contributed by atoms with Gasteiger partial charge in [-0.15, -0.1) is 22.7 Å². The normalized spacial score (nSPS) is 27.8. The monoisotopic (exact) mass is 410 g/mol. The van der Waals surface area contributed by atoms with E-state index >= 15 is 0 Å². The van der Waals surface area contributed by atoms with Crippen LogP contribution in [0.4, 0.5) is 5.13 Å². The van der Waals surface area contributed by atoms with E-state index in [1.165, 1.54) is 48.3 Å². The van der Waals surface area contributed by atoms with Crippen molar-refractivity contribution in [3.63, 3.8) is 0 Å². The molecule has 4 rings (SSSR count). The van der Waals surface area contributed by atoms with E-state index in [0.29, 0.717) is 17.0 Å². The third-order valence-corrected chi connectivity index (χ3v) is 7.79. The van der Waals surface area contributed by atoms with Crippen molar-refractivity contribution in [2.45, 2.75) is 43.9 Å². The summed E-state index contributed by atoms with van der Waals surface area (Å²) >= 11 is 6.74. The van der Waals surface area contributed by atoms with Crippen LogP contribution in [-0.2, 0) is 10.2 Å². The molecule has 1 N–H and O–H groups in total. The van der Waals surface area contributed by atoms with E-state index in [4.69, 9.17) is 0 Å². The second-order valence-corrected chi connectivity index (χ2v) is 9.93. The van der Waals surface area contributed by atoms with Crippen LogP contribution in [0.15, 0.2) is 27.5 Å². The highest BCUT2D eigenvalue weighted by Gasteiger charge is 2.64. The van der Waals surface area contributed by atoms with Crippen LogP contribution in [0.5, 0.6) is 0 Å². The minimum atomic E-state index is -0.329. The number of halogens is 1. The van der Waals surface area contributed by atoms with Crippen LogP contribution in [0.1, 0.15) is 43.4 Å². The number of rotatable bonds is 4. The summed E-state index contributed by atoms with van der Waals surface area (Å²) in [6.45, 7) is 0. The summed E-state index contributed by atoms with van der Waals surface area (Å²) < 4.78 is 1.10. The maximum Gasteiger partial charge on any atom is 0.237 e. The molecule has 6 heteroatoms. The number of aromatic nitrogens is 1. The van der Waals surface area contributed by atoms with Gasteiger partial charge in [-0.25, -0.2) is 4.98 Å². The second kappa shape index (κ2) is 6.30. The van der Waals surface area contributed by atoms with Crippen molar-refractivity contribution < 1.29 is 4.79 Å². The molecule has 2 atom stereocenters. The van der Waals surface area contributed by atoms with E-state index in [0.717, 1.165) is 10.2 Å². The Morgan fingerprint density at radius 2 is 2.13 bits per heavy atom. The number of thiophene rings is 1. The zero-order valence-corrected chi connectivity index (χ0v) is 16.0. The lowest BCUT2D eigenvalue weighted by atomic mass is 9.82. The summed E-state index contributed by atoms with van der Waals surface area (Å²) in [7, 11) is 0. The van der Waals surface area contributed by atoms with Gasteiger partial charge in [-0.1, -0.05) is 32.1 Å². The highest BCUT2D eigenvalue weighted by Crippen LogP contribution is 2.62. The molecule has 0 radical (unpaired) electrons. The number of amides is 1. The molecule has 2 aromatic heterocycles. The number of hydrogen-bond acceptors (Lipinski definition) is 4. The first-order chi connectivity index (χ1) is 11.2. The first-order valence-corrected chi connectivity index (χ1v) is 10.7. The lowest BCUT2D eigenvalue weighted by Gasteiger charge is -2.24. The highest BCUT2D eigenvalue weighted by atomic mass is 79.9. The van der Waals surface area contributed by atoms with Crippen molar-refractivity contribution in [1.29, 1.82) is 0 Å². The summed E-state index contributed by atoms with van der Waals surface area (Å²) in [5, 5.41) is 5.67. The third-order valence-electron chi connectivity index (χ3n) is 5.30. The van der Waals surface area contributed by atoms with Crippen molar-refractivity contribution in [2.75, 3.05) is 5.32 Å². The molecule has 0 spiro atoms. The summed E-state index contributed by atoms with van der Waals surface area (Å²) in [6.07, 6.45) is 9.28. The summed E-state index contributed by atoms with van der Waals surface area (Å²) in [5.74, 6) is 1.33. The van der Waals surface area contributed by atoms with E-state index in [9.17, 15) is 4.79 Å². The Labute approximate surface area is 152 Å². The van der Waals surface area contributed by atoms with Crippen LogP contribution in [0, 0.1) is 11.8 Å². The molecule has 2 fully saturated rings. The van der Waals surface area contributed by atoms with Crippen molar-refractivity contribution in [2.24, 2.45) is 11.8 Å². The van der Waals surface area contributed by atoms with Gasteiger partial charge in [0.05, 0.1) is 9.20 Å². The van der Waals surface area contributed by atoms with Gasteiger partial charge in [0.25, 0.3) is 0 Å². The second-order valence-electron chi connectivity index (χ2n) is 6.58. The molecule has 23 heavy (non-hydrogen) atoms. The average molecular weight is 411 g/mol. The number of nitrogens with zero attached hydrogens (tertiary/aromatic N) is 1. The van der Waals surface area contributed by atoms with Crippen LogP contribution in [0.3, 0.4) is 0 Å². The summed E-state index contributed by atoms with van der Waals surface area (Å²) in [4.78, 5) is 18.5. The number of thiazole rings is 1. The van der Waals surface area contributed by atoms with Crippen LogP contribution in [0.2, 0.25) is 0 Å². The lowest BCUT2D eigenvalue weighted by molar-refractivity contribution is -0.119. The Hall–Kier alpha value is -0.720. The van der Waals surface area contributed by atoms with Gasteiger partial charge in [-0.05, 0) is 46.3 Å². The minimum absolute atomic E-state index is 0.136. The lowest BCUT2D eigenvalue weighted by Crippen LogP contribution is -2.31. The van der Waals surface area contributed by atoms with Gasteiger partial charge in [0.15, 0.2) is 5.13 Å². The molecular formula is C17H19BrN2OS2. The molecule has 0 aromatic carbocycles. The Kier molecular flexibility index (Phi) is 4.32. The van der Waals surface area contributed by atoms with Gasteiger partial charge in [0, 0.05) is 16.5 Å². The van der Waals surface area contributed by atoms with E-state index in [-0.39, 0.29) is 11.3 Å². The maximum absolute atomic E-state index is 13.1. The Morgan fingerprint density at radius 1 is 1.30 bits per heavy atom. The van der Waals surface area contributed by atoms with Gasteiger partial charge >= 0.3 is 0 Å². The van der Waals surface area contributed by atoms with Crippen molar-refractivity contribution in [3.8, 4) is 0 Å². The molecule has 1 amide bonds. The molecule has 0 unspecified atom stereocenters. The molecule has 0 aliphatic heterocycles. The van der Waals surface area contributed by atoms with E-state index in [1.54, 1.807) is 17.5 Å². The van der Waals surface area contributed by atoms with E-state index < -0.39 is 0 Å². The number of anilines is 1. The van der Waals surface area contributed by atoms with Crippen LogP contribution >= 0.6 is 38.6 Å². The summed E-state index contributed by atoms with van der Waals surface area (Å²) in [5.41, 5.74) is -0.329. The van der Waals surface area contributed by atoms with E-state index in [1.807, 2.05) is 5.38 Å². The first-order valence-electron chi connectivity index (χ1n) is 8.17. The molecule has 2 aliphatic rings. The first kappa shape index (κ1) is 15.8. The Balaban J connectivity index is 1.61. The number of carbonyl (C=O) groups is 1. The SMILES string of the molecule is O=C(Nc1nccs1)[C@]1(c2ccc(Br)s2)C[C@H]1C1CCCCC1. The predicted molar refractivity (Wildman–Crippen MR) is 99.1 cm³/mol. The Morgan fingerprint density at radius 3 is 2.78 bits per heavy atom. The van der Waals surface area contributed by atoms with Gasteiger partial charge < -0.3 is 5.32 Å². The fraction of sp³-hybridized carbons (Fsp3) is 0.529. The predicted octanol–water partition coefficient (Wildman–Crippen LogP) is 5.44. The Bertz CT molecular complexity index is 693. The molecule has 2 aromatic rings. The quantitative estimate of drug-likeness (QED) is 0.728. The minimum Gasteiger partial charge on any atom is -0.301 e. The van der Waals surface area contributed by atoms with E-state index in [2.05, 4.69) is 38.4 Å². The number of hydrogen-bond donors (Lipinski definition) is 1. The summed E-state index contributed by atoms with van der Waals surface area (Å²) in [6, 6.07) is 4.19. The van der Waals surface area contributed by atoms with Gasteiger partial charge in [-0.2, -0.15) is 0 Å². The molecule has 0 saturated heterocycles. The van der Waals surface area contributed by atoms with Gasteiger partial charge in [-0.3, -0.25) is 4.79 Å². The van der Waals surface area contributed by atoms with Crippen molar-refractivity contribution in [3.05, 3.63) is 32.4 Å². The molecule has 122 valence electrons. The topological polar surface area (TPSA) is 42.0 Å². The van der Waals surface area contributed by atoms with Gasteiger partial charge in [0.1, 0.15) is 0 Å². The standard InChI is InChI=1S/C17H19BrN2OS2/c18-14-7-6-13(23-14)17(15(21)20-16-19-8-9-22-16)10-12(17)11-4-2-1-3-5-11/h6-9,11-12H,1-5,10H2,(H,19,20,21)/t12-,17+/m0/s1.